The van der Waals surface area contributed by atoms with Crippen LogP contribution >= 0.6 is 22.7 Å². The highest BCUT2D eigenvalue weighted by atomic mass is 32.1. The van der Waals surface area contributed by atoms with E-state index in [0.29, 0.717) is 74.1 Å². The van der Waals surface area contributed by atoms with E-state index in [1.54, 1.807) is 10.8 Å². The van der Waals surface area contributed by atoms with Crippen molar-refractivity contribution in [3.05, 3.63) is 56.8 Å². The molecule has 0 bridgehead atoms. The largest absolute Gasteiger partial charge is 0.480 e. The number of thiazole rings is 2. The summed E-state index contributed by atoms with van der Waals surface area (Å²) >= 11 is 2.44. The molecule has 0 spiro atoms. The van der Waals surface area contributed by atoms with Crippen LogP contribution < -0.4 is 93.1 Å². The molecule has 4 aromatic heterocycles. The zero-order valence-corrected chi connectivity index (χ0v) is 71.6. The highest BCUT2D eigenvalue weighted by Gasteiger charge is 2.54. The molecule has 2 saturated heterocycles. The van der Waals surface area contributed by atoms with Crippen molar-refractivity contribution in [1.29, 1.82) is 0 Å². The van der Waals surface area contributed by atoms with Gasteiger partial charge in [-0.3, -0.25) is 48.6 Å². The monoisotopic (exact) mass is 1800 g/mol. The molecule has 2 fully saturated rings. The van der Waals surface area contributed by atoms with Crippen LogP contribution in [0.4, 0.5) is 10.6 Å². The van der Waals surface area contributed by atoms with E-state index in [1.165, 1.54) is 50.4 Å². The number of carbonyl (C=O) groups excluding carboxylic acids is 10. The Morgan fingerprint density at radius 3 is 1.97 bits per heavy atom. The first-order chi connectivity index (χ1) is 58.7. The first-order valence-corrected chi connectivity index (χ1v) is 42.2. The second kappa shape index (κ2) is 50.7. The molecular formula is C74H121N23O25S2. The van der Waals surface area contributed by atoms with Gasteiger partial charge in [-0.15, -0.1) is 22.7 Å². The summed E-state index contributed by atoms with van der Waals surface area (Å²) in [6, 6.07) is -10.7. The van der Waals surface area contributed by atoms with Crippen molar-refractivity contribution in [2.24, 2.45) is 46.4 Å². The maximum atomic E-state index is 15.3. The number of amides is 10. The van der Waals surface area contributed by atoms with Gasteiger partial charge in [0, 0.05) is 55.3 Å². The maximum Gasteiger partial charge on any atom is 0.404 e. The van der Waals surface area contributed by atoms with Gasteiger partial charge < -0.3 is 157 Å². The van der Waals surface area contributed by atoms with Crippen LogP contribution in [-0.2, 0) is 68.5 Å². The molecule has 0 saturated carbocycles. The third-order valence-corrected chi connectivity index (χ3v) is 21.9. The van der Waals surface area contributed by atoms with E-state index in [0.717, 1.165) is 25.4 Å². The number of hydrazine groups is 1. The Kier molecular flexibility index (Phi) is 42.2. The molecule has 2 aliphatic rings. The van der Waals surface area contributed by atoms with E-state index in [4.69, 9.17) is 58.1 Å². The van der Waals surface area contributed by atoms with Crippen LogP contribution in [-0.4, -0.2) is 316 Å². The third-order valence-electron chi connectivity index (χ3n) is 20.1. The molecule has 124 heavy (non-hydrogen) atoms. The van der Waals surface area contributed by atoms with Gasteiger partial charge in [0.1, 0.15) is 113 Å². The number of carboxylic acids is 1. The van der Waals surface area contributed by atoms with Crippen LogP contribution in [0.5, 0.6) is 0 Å². The number of aliphatic hydroxyl groups excluding tert-OH is 8. The minimum atomic E-state index is -2.22. The molecule has 694 valence electrons. The molecule has 22 atom stereocenters. The molecule has 0 radical (unpaired) electrons. The second-order valence-corrected chi connectivity index (χ2v) is 32.6. The van der Waals surface area contributed by atoms with Crippen molar-refractivity contribution in [2.75, 3.05) is 64.8 Å². The summed E-state index contributed by atoms with van der Waals surface area (Å²) in [6.45, 7) is 12.6. The molecule has 4 aromatic rings. The number of hydrogen-bond acceptors (Lipinski definition) is 38. The molecule has 0 unspecified atom stereocenters. The fourth-order valence-electron chi connectivity index (χ4n) is 12.9. The molecule has 50 heteroatoms. The fourth-order valence-corrected chi connectivity index (χ4v) is 14.6. The Morgan fingerprint density at radius 2 is 1.34 bits per heavy atom. The standard InChI is InChI=1S/C74H121N23O25S2/c1-31(2)22-40(65(110)90-38(71(115)116)14-9-10-16-75)91-67(112)48(32(3)4)97-87-20-12-11-17-81-18-13-19-83-64(109)42-28-124-70(92-42)43-29-123-47(89-43)15-21-84-66(111)50(36(8)100)94-63(108)34(6)52(102)35(7)88-69(114)51(95-68(113)49-33(5)60(78)96-62(93-49)39(23-46(77)101)85-24-37(76)61(79)107)57(41-25-82-30-86-41)120-73-59(55(105)53(103)44(26-98)119-73)121-72-56(106)58(122-74(80)117)54(104)45(27-99)118-72/h25,28-32,34-40,44-45,48,50-59,72-73,81,85,87,97-100,102-106H,9-24,26-27,75-76H2,1-8H3,(H2,77,101)(H2,79,107)(H2,80,117)(H,82,86)(H,83,109)(H,84,111)(H,88,114)(H,90,110)(H,91,112)(H,94,108)(H,95,113)(H,115,116)(H2,78,93,96)/t34-,35+,36+,37-,38-,39-,40-,44-,45+,48-,50-,51-,52-,53+,54+,55-,56-,57-,58-,59-,72+,73-/m0/s1. The summed E-state index contributed by atoms with van der Waals surface area (Å²) in [5.74, 6) is -11.2. The highest BCUT2D eigenvalue weighted by molar-refractivity contribution is 7.14. The van der Waals surface area contributed by atoms with Crippen LogP contribution in [0.15, 0.2) is 23.3 Å². The lowest BCUT2D eigenvalue weighted by atomic mass is 9.96. The van der Waals surface area contributed by atoms with Gasteiger partial charge in [-0.25, -0.2) is 39.9 Å². The van der Waals surface area contributed by atoms with Crippen molar-refractivity contribution >= 4 is 93.7 Å². The predicted molar refractivity (Wildman–Crippen MR) is 440 cm³/mol. The van der Waals surface area contributed by atoms with Crippen molar-refractivity contribution < 1.29 is 122 Å². The average molecular weight is 1800 g/mol. The Morgan fingerprint density at radius 1 is 0.669 bits per heavy atom. The number of aromatic amines is 1. The zero-order valence-electron chi connectivity index (χ0n) is 70.0. The molecule has 6 rings (SSSR count). The predicted octanol–water partition coefficient (Wildman–Crippen LogP) is -7.86. The molecule has 2 aliphatic heterocycles. The minimum Gasteiger partial charge on any atom is -0.480 e. The van der Waals surface area contributed by atoms with Crippen molar-refractivity contribution in [2.45, 2.75) is 241 Å². The number of rotatable bonds is 54. The van der Waals surface area contributed by atoms with Crippen molar-refractivity contribution in [1.82, 2.24) is 88.6 Å². The number of imidazole rings is 1. The highest BCUT2D eigenvalue weighted by Crippen LogP contribution is 2.35. The summed E-state index contributed by atoms with van der Waals surface area (Å²) in [4.78, 5) is 170. The Balaban J connectivity index is 1.06. The number of nitrogens with one attached hydrogen (secondary N) is 12. The number of aliphatic hydroxyl groups is 8. The topological polar surface area (TPSA) is 785 Å². The van der Waals surface area contributed by atoms with Gasteiger partial charge in [0.15, 0.2) is 18.7 Å². The van der Waals surface area contributed by atoms with Gasteiger partial charge >= 0.3 is 12.1 Å². The van der Waals surface area contributed by atoms with Crippen LogP contribution in [0.2, 0.25) is 0 Å². The number of aliphatic carboxylic acids is 1. The summed E-state index contributed by atoms with van der Waals surface area (Å²) in [6.07, 6.45) is -21.6. The number of H-pyrrole nitrogens is 1. The van der Waals surface area contributed by atoms with Crippen LogP contribution in [0.25, 0.3) is 10.7 Å². The van der Waals surface area contributed by atoms with Crippen LogP contribution in [0.3, 0.4) is 0 Å². The van der Waals surface area contributed by atoms with Gasteiger partial charge in [-0.1, -0.05) is 34.6 Å². The number of hydrogen-bond donors (Lipinski definition) is 27. The molecule has 33 N–H and O–H groups in total. The number of ether oxygens (including phenoxy) is 5. The number of carbonyl (C=O) groups is 11. The Hall–Kier alpha value is -9.40. The van der Waals surface area contributed by atoms with E-state index in [9.17, 15) is 93.9 Å². The van der Waals surface area contributed by atoms with E-state index >= 15 is 4.79 Å². The number of nitrogen functional groups attached to an aromatic ring is 1. The number of nitrogens with zero attached hydrogens (tertiary/aromatic N) is 5. The smallest absolute Gasteiger partial charge is 0.404 e. The van der Waals surface area contributed by atoms with E-state index in [-0.39, 0.29) is 66.4 Å². The molecule has 48 nitrogen and oxygen atoms in total. The number of anilines is 1. The van der Waals surface area contributed by atoms with Gasteiger partial charge in [0.05, 0.1) is 72.7 Å². The number of primary amides is 3. The van der Waals surface area contributed by atoms with E-state index < -0.39 is 225 Å². The van der Waals surface area contributed by atoms with Gasteiger partial charge in [-0.05, 0) is 97.2 Å². The summed E-state index contributed by atoms with van der Waals surface area (Å²) in [7, 11) is 0. The molecule has 6 heterocycles. The van der Waals surface area contributed by atoms with E-state index in [1.807, 2.05) is 27.7 Å². The number of unbranched alkanes of at least 4 members (excludes halogenated alkanes) is 2. The van der Waals surface area contributed by atoms with E-state index in [2.05, 4.69) is 88.6 Å². The summed E-state index contributed by atoms with van der Waals surface area (Å²) in [5.41, 5.74) is 39.7. The Labute approximate surface area is 721 Å². The van der Waals surface area contributed by atoms with Crippen molar-refractivity contribution in [3.8, 4) is 10.7 Å². The van der Waals surface area contributed by atoms with Gasteiger partial charge in [-0.2, -0.15) is 0 Å². The molecule has 0 aliphatic carbocycles. The lowest BCUT2D eigenvalue weighted by molar-refractivity contribution is -0.372. The lowest BCUT2D eigenvalue weighted by Gasteiger charge is -2.47. The van der Waals surface area contributed by atoms with Crippen LogP contribution in [0, 0.1) is 24.7 Å². The SMILES string of the molecule is Cc1c(N)nc([C@H](CC(N)=O)NC[C@H](N)C(N)=O)nc1C(=O)N[C@H](C(=O)N[C@H](C)[C@@H](O)[C@H](C)C(=O)N[C@H](C(=O)NCCc1nc(-c2nc(C(=O)NCCCNCCCCNN[C@H](C(=O)N[C@@H](CC(C)C)C(=O)N[C@@H](CCCCN)C(=O)O)C(C)C)cs2)cs1)[C@@H](C)O)[C@@H](O[C@@H]1O[C@@H](CO)[C@@H](O)[C@H](O)[C@@H]1O[C@H]1O[C@H](CO)[C@@H](O)[C@H](OC(N)=O)[C@@H]1O)c1cnc[nH]1. The first kappa shape index (κ1) is 103. The summed E-state index contributed by atoms with van der Waals surface area (Å²) < 4.78 is 28.8. The number of nitrogens with two attached hydrogens (primary N) is 6. The first-order valence-electron chi connectivity index (χ1n) is 40.4. The zero-order chi connectivity index (χ0) is 91.9. The molecule has 0 aromatic carbocycles. The normalized spacial score (nSPS) is 22.0. The third kappa shape index (κ3) is 30.7. The quantitative estimate of drug-likeness (QED) is 0.0144. The number of carboxylic acid groups (broad SMARTS) is 1. The Bertz CT molecular complexity index is 4120. The fraction of sp³-hybridized carbons (Fsp3) is 0.676. The minimum absolute atomic E-state index is 0.0281. The number of aromatic nitrogens is 6. The second-order valence-electron chi connectivity index (χ2n) is 30.8. The lowest BCUT2D eigenvalue weighted by Crippen LogP contribution is -2.65. The molecule has 10 amide bonds. The molecular weight excluding hydrogens is 1680 g/mol. The average Bonchev–Trinajstić information content (AvgIpc) is 0.795. The van der Waals surface area contributed by atoms with Crippen LogP contribution in [0.1, 0.15) is 155 Å². The maximum absolute atomic E-state index is 15.3. The van der Waals surface area contributed by atoms with Gasteiger partial charge in [0.25, 0.3) is 11.8 Å². The van der Waals surface area contributed by atoms with Crippen molar-refractivity contribution in [3.63, 3.8) is 0 Å². The van der Waals surface area contributed by atoms with Gasteiger partial charge in [0.2, 0.25) is 41.4 Å². The summed E-state index contributed by atoms with van der Waals surface area (Å²) in [5, 5.41) is 127.